The van der Waals surface area contributed by atoms with E-state index >= 15 is 0 Å². The van der Waals surface area contributed by atoms with Crippen LogP contribution in [-0.4, -0.2) is 0 Å². The molecule has 0 aromatic heterocycles. The van der Waals surface area contributed by atoms with Crippen molar-refractivity contribution in [1.82, 2.24) is 0 Å². The summed E-state index contributed by atoms with van der Waals surface area (Å²) in [5, 5.41) is 5.10. The van der Waals surface area contributed by atoms with Gasteiger partial charge >= 0.3 is 0 Å². The Kier molecular flexibility index (Phi) is 6.59. The van der Waals surface area contributed by atoms with Crippen molar-refractivity contribution in [1.29, 1.82) is 0 Å². The Balaban J connectivity index is 1.30. The average molecular weight is 559 g/mol. The van der Waals surface area contributed by atoms with E-state index in [1.165, 1.54) is 77.2 Å². The largest absolute Gasteiger partial charge is 0.0622 e. The molecule has 8 aromatic rings. The highest BCUT2D eigenvalue weighted by Gasteiger charge is 2.16. The molecule has 0 nitrogen and oxygen atoms in total. The zero-order valence-electron chi connectivity index (χ0n) is 24.3. The molecule has 44 heavy (non-hydrogen) atoms. The van der Waals surface area contributed by atoms with E-state index in [0.29, 0.717) is 0 Å². The Morgan fingerprint density at radius 3 is 0.795 bits per heavy atom. The summed E-state index contributed by atoms with van der Waals surface area (Å²) in [6.45, 7) is 0. The van der Waals surface area contributed by atoms with Crippen LogP contribution < -0.4 is 0 Å². The second kappa shape index (κ2) is 11.2. The van der Waals surface area contributed by atoms with Crippen molar-refractivity contribution in [2.75, 3.05) is 0 Å². The number of hydrogen-bond donors (Lipinski definition) is 0. The molecule has 0 bridgehead atoms. The molecule has 0 radical (unpaired) electrons. The van der Waals surface area contributed by atoms with Gasteiger partial charge in [-0.15, -0.1) is 0 Å². The van der Waals surface area contributed by atoms with Crippen molar-refractivity contribution in [3.05, 3.63) is 182 Å². The molecule has 8 rings (SSSR count). The van der Waals surface area contributed by atoms with Gasteiger partial charge in [-0.3, -0.25) is 0 Å². The third kappa shape index (κ3) is 4.68. The summed E-state index contributed by atoms with van der Waals surface area (Å²) >= 11 is 0. The van der Waals surface area contributed by atoms with Crippen LogP contribution in [0.5, 0.6) is 0 Å². The number of hydrogen-bond acceptors (Lipinski definition) is 0. The van der Waals surface area contributed by atoms with Gasteiger partial charge in [-0.25, -0.2) is 0 Å². The molecule has 0 saturated carbocycles. The van der Waals surface area contributed by atoms with Crippen LogP contribution >= 0.6 is 0 Å². The van der Waals surface area contributed by atoms with Crippen molar-refractivity contribution in [3.8, 4) is 55.6 Å². The van der Waals surface area contributed by atoms with Crippen molar-refractivity contribution in [2.24, 2.45) is 0 Å². The van der Waals surface area contributed by atoms with Crippen molar-refractivity contribution < 1.29 is 0 Å². The summed E-state index contributed by atoms with van der Waals surface area (Å²) in [6.07, 6.45) is 0. The van der Waals surface area contributed by atoms with E-state index in [4.69, 9.17) is 0 Å². The Hall–Kier alpha value is -5.72. The molecule has 206 valence electrons. The van der Waals surface area contributed by atoms with Crippen LogP contribution in [0.2, 0.25) is 0 Å². The van der Waals surface area contributed by atoms with Gasteiger partial charge in [-0.2, -0.15) is 0 Å². The zero-order chi connectivity index (χ0) is 29.3. The molecule has 0 amide bonds. The highest BCUT2D eigenvalue weighted by atomic mass is 14.2. The molecular formula is C44H30. The molecule has 0 heterocycles. The summed E-state index contributed by atoms with van der Waals surface area (Å²) in [6, 6.07) is 65.9. The van der Waals surface area contributed by atoms with Crippen LogP contribution in [0.15, 0.2) is 182 Å². The van der Waals surface area contributed by atoms with Gasteiger partial charge in [0.25, 0.3) is 0 Å². The lowest BCUT2D eigenvalue weighted by Crippen LogP contribution is -1.91. The molecule has 0 fully saturated rings. The molecular weight excluding hydrogens is 528 g/mol. The average Bonchev–Trinajstić information content (AvgIpc) is 3.11. The molecule has 0 aliphatic carbocycles. The zero-order valence-corrected chi connectivity index (χ0v) is 24.3. The maximum absolute atomic E-state index is 2.32. The quantitative estimate of drug-likeness (QED) is 0.184. The fourth-order valence-corrected chi connectivity index (χ4v) is 6.57. The van der Waals surface area contributed by atoms with Gasteiger partial charge in [0, 0.05) is 0 Å². The first kappa shape index (κ1) is 25.9. The maximum Gasteiger partial charge on any atom is -0.00264 e. The normalized spacial score (nSPS) is 11.2. The van der Waals surface area contributed by atoms with E-state index in [9.17, 15) is 0 Å². The van der Waals surface area contributed by atoms with Gasteiger partial charge in [-0.05, 0) is 95.4 Å². The van der Waals surface area contributed by atoms with E-state index in [-0.39, 0.29) is 0 Å². The lowest BCUT2D eigenvalue weighted by atomic mass is 9.85. The minimum atomic E-state index is 1.21. The summed E-state index contributed by atoms with van der Waals surface area (Å²) in [5.41, 5.74) is 12.4. The third-order valence-electron chi connectivity index (χ3n) is 8.65. The SMILES string of the molecule is c1ccc(-c2cc(-c3ccccc3)cc(-c3ccc(-c4c5ccccc5c(-c5ccccc5)c5ccccc45)cc3)c2)cc1. The van der Waals surface area contributed by atoms with Crippen molar-refractivity contribution in [3.63, 3.8) is 0 Å². The number of rotatable bonds is 5. The first-order chi connectivity index (χ1) is 21.8. The van der Waals surface area contributed by atoms with Gasteiger partial charge in [0.1, 0.15) is 0 Å². The Labute approximate surface area is 258 Å². The smallest absolute Gasteiger partial charge is 0.00264 e. The molecule has 8 aromatic carbocycles. The molecule has 0 N–H and O–H groups in total. The van der Waals surface area contributed by atoms with E-state index in [1.54, 1.807) is 0 Å². The van der Waals surface area contributed by atoms with Crippen molar-refractivity contribution in [2.45, 2.75) is 0 Å². The lowest BCUT2D eigenvalue weighted by Gasteiger charge is -2.18. The molecule has 0 aliphatic rings. The Bertz CT molecular complexity index is 2110. The van der Waals surface area contributed by atoms with Crippen LogP contribution in [0.4, 0.5) is 0 Å². The lowest BCUT2D eigenvalue weighted by molar-refractivity contribution is 1.56. The fraction of sp³-hybridized carbons (Fsp3) is 0. The van der Waals surface area contributed by atoms with Crippen LogP contribution in [0, 0.1) is 0 Å². The van der Waals surface area contributed by atoms with Crippen LogP contribution in [0.1, 0.15) is 0 Å². The van der Waals surface area contributed by atoms with Crippen LogP contribution in [0.3, 0.4) is 0 Å². The van der Waals surface area contributed by atoms with Gasteiger partial charge in [-0.1, -0.05) is 164 Å². The topological polar surface area (TPSA) is 0 Å². The first-order valence-electron chi connectivity index (χ1n) is 15.2. The summed E-state index contributed by atoms with van der Waals surface area (Å²) in [4.78, 5) is 0. The number of fused-ring (bicyclic) bond motifs is 2. The molecule has 0 spiro atoms. The predicted molar refractivity (Wildman–Crippen MR) is 189 cm³/mol. The van der Waals surface area contributed by atoms with E-state index in [2.05, 4.69) is 182 Å². The maximum atomic E-state index is 2.32. The minimum absolute atomic E-state index is 1.21. The highest BCUT2D eigenvalue weighted by Crippen LogP contribution is 2.44. The second-order valence-corrected chi connectivity index (χ2v) is 11.3. The van der Waals surface area contributed by atoms with E-state index < -0.39 is 0 Å². The van der Waals surface area contributed by atoms with E-state index in [1.807, 2.05) is 0 Å². The van der Waals surface area contributed by atoms with Crippen molar-refractivity contribution >= 4 is 21.5 Å². The first-order valence-corrected chi connectivity index (χ1v) is 15.2. The van der Waals surface area contributed by atoms with Gasteiger partial charge in [0.15, 0.2) is 0 Å². The second-order valence-electron chi connectivity index (χ2n) is 11.3. The monoisotopic (exact) mass is 558 g/mol. The van der Waals surface area contributed by atoms with Gasteiger partial charge in [0.2, 0.25) is 0 Å². The van der Waals surface area contributed by atoms with Crippen LogP contribution in [0.25, 0.3) is 77.2 Å². The van der Waals surface area contributed by atoms with Gasteiger partial charge < -0.3 is 0 Å². The predicted octanol–water partition coefficient (Wildman–Crippen LogP) is 12.3. The van der Waals surface area contributed by atoms with Crippen LogP contribution in [-0.2, 0) is 0 Å². The molecule has 0 heteroatoms. The third-order valence-corrected chi connectivity index (χ3v) is 8.65. The standard InChI is InChI=1S/C44H30/c1-4-14-31(15-5-1)36-28-37(32-16-6-2-7-17-32)30-38(29-36)33-24-26-35(27-25-33)44-41-22-12-10-20-39(41)43(34-18-8-3-9-19-34)40-21-11-13-23-42(40)44/h1-30H. The Morgan fingerprint density at radius 2 is 0.432 bits per heavy atom. The highest BCUT2D eigenvalue weighted by molar-refractivity contribution is 6.21. The molecule has 0 aliphatic heterocycles. The fourth-order valence-electron chi connectivity index (χ4n) is 6.57. The van der Waals surface area contributed by atoms with E-state index in [0.717, 1.165) is 0 Å². The van der Waals surface area contributed by atoms with Gasteiger partial charge in [0.05, 0.1) is 0 Å². The summed E-state index contributed by atoms with van der Waals surface area (Å²) in [5.74, 6) is 0. The number of benzene rings is 8. The Morgan fingerprint density at radius 1 is 0.182 bits per heavy atom. The summed E-state index contributed by atoms with van der Waals surface area (Å²) < 4.78 is 0. The molecule has 0 saturated heterocycles. The minimum Gasteiger partial charge on any atom is -0.0622 e. The summed E-state index contributed by atoms with van der Waals surface area (Å²) in [7, 11) is 0. The molecule has 0 unspecified atom stereocenters. The molecule has 0 atom stereocenters.